The molecule has 1 saturated heterocycles. The van der Waals surface area contributed by atoms with Crippen LogP contribution in [0.5, 0.6) is 0 Å². The zero-order valence-corrected chi connectivity index (χ0v) is 11.3. The fourth-order valence-corrected chi connectivity index (χ4v) is 2.89. The highest BCUT2D eigenvalue weighted by molar-refractivity contribution is 8.14. The summed E-state index contributed by atoms with van der Waals surface area (Å²) in [4.78, 5) is 12.0. The van der Waals surface area contributed by atoms with Crippen molar-refractivity contribution in [1.29, 1.82) is 0 Å². The molecular weight excluding hydrogens is 284 g/mol. The summed E-state index contributed by atoms with van der Waals surface area (Å²) < 4.78 is 5.25. The largest absolute Gasteiger partial charge is 0.394 e. The molecule has 4 N–H and O–H groups in total. The van der Waals surface area contributed by atoms with Crippen LogP contribution in [-0.4, -0.2) is 62.0 Å². The van der Waals surface area contributed by atoms with Crippen molar-refractivity contribution in [1.82, 2.24) is 0 Å². The second-order valence-corrected chi connectivity index (χ2v) is 5.54. The molecule has 6 nitrogen and oxygen atoms in total. The van der Waals surface area contributed by atoms with E-state index in [9.17, 15) is 20.1 Å². The van der Waals surface area contributed by atoms with E-state index in [1.807, 2.05) is 0 Å². The summed E-state index contributed by atoms with van der Waals surface area (Å²) >= 11 is 0.713. The quantitative estimate of drug-likeness (QED) is 0.588. The lowest BCUT2D eigenvalue weighted by molar-refractivity contribution is -0.205. The van der Waals surface area contributed by atoms with Gasteiger partial charge in [-0.05, 0) is 11.8 Å². The van der Waals surface area contributed by atoms with Crippen LogP contribution in [0.2, 0.25) is 0 Å². The zero-order valence-electron chi connectivity index (χ0n) is 10.5. The third-order valence-electron chi connectivity index (χ3n) is 3.08. The van der Waals surface area contributed by atoms with Crippen molar-refractivity contribution >= 4 is 16.9 Å². The van der Waals surface area contributed by atoms with Gasteiger partial charge in [-0.25, -0.2) is 0 Å². The Morgan fingerprint density at radius 1 is 1.10 bits per heavy atom. The first kappa shape index (κ1) is 15.4. The minimum Gasteiger partial charge on any atom is -0.394 e. The first-order valence-electron chi connectivity index (χ1n) is 6.11. The molecule has 110 valence electrons. The predicted molar refractivity (Wildman–Crippen MR) is 72.1 cm³/mol. The Labute approximate surface area is 120 Å². The molecule has 1 aromatic carbocycles. The van der Waals surface area contributed by atoms with Crippen LogP contribution in [0.3, 0.4) is 0 Å². The number of benzene rings is 1. The van der Waals surface area contributed by atoms with Gasteiger partial charge in [0.1, 0.15) is 29.9 Å². The summed E-state index contributed by atoms with van der Waals surface area (Å²) in [6.07, 6.45) is -5.31. The third-order valence-corrected chi connectivity index (χ3v) is 4.15. The molecule has 1 aromatic rings. The fraction of sp³-hybridized carbons (Fsp3) is 0.462. The molecule has 1 aliphatic heterocycles. The Morgan fingerprint density at radius 3 is 2.35 bits per heavy atom. The topological polar surface area (TPSA) is 107 Å². The van der Waals surface area contributed by atoms with Gasteiger partial charge < -0.3 is 25.2 Å². The van der Waals surface area contributed by atoms with E-state index in [4.69, 9.17) is 9.84 Å². The SMILES string of the molecule is O=C(S[C@@H]1O[C@H](CO)[C@@H](O)[C@H](O)[C@H]1O)c1ccccc1. The Hall–Kier alpha value is -0.960. The van der Waals surface area contributed by atoms with E-state index in [0.717, 1.165) is 0 Å². The average Bonchev–Trinajstić information content (AvgIpc) is 2.48. The monoisotopic (exact) mass is 300 g/mol. The number of carbonyl (C=O) groups excluding carboxylic acids is 1. The van der Waals surface area contributed by atoms with Crippen molar-refractivity contribution in [2.24, 2.45) is 0 Å². The van der Waals surface area contributed by atoms with Gasteiger partial charge in [0.25, 0.3) is 0 Å². The van der Waals surface area contributed by atoms with Crippen molar-refractivity contribution < 1.29 is 30.0 Å². The number of ether oxygens (including phenoxy) is 1. The van der Waals surface area contributed by atoms with Crippen LogP contribution in [-0.2, 0) is 4.74 Å². The molecule has 2 rings (SSSR count). The van der Waals surface area contributed by atoms with Crippen LogP contribution in [0.25, 0.3) is 0 Å². The van der Waals surface area contributed by atoms with Crippen LogP contribution < -0.4 is 0 Å². The maximum atomic E-state index is 12.0. The normalized spacial score (nSPS) is 33.9. The number of carbonyl (C=O) groups is 1. The van der Waals surface area contributed by atoms with Gasteiger partial charge in [0.05, 0.1) is 6.61 Å². The number of aliphatic hydroxyl groups is 4. The highest BCUT2D eigenvalue weighted by atomic mass is 32.2. The molecule has 20 heavy (non-hydrogen) atoms. The lowest BCUT2D eigenvalue weighted by Crippen LogP contribution is -2.57. The van der Waals surface area contributed by atoms with Crippen LogP contribution >= 0.6 is 11.8 Å². The van der Waals surface area contributed by atoms with Crippen LogP contribution in [0.1, 0.15) is 10.4 Å². The van der Waals surface area contributed by atoms with Gasteiger partial charge in [-0.2, -0.15) is 0 Å². The van der Waals surface area contributed by atoms with Crippen LogP contribution in [0.4, 0.5) is 0 Å². The van der Waals surface area contributed by atoms with E-state index in [0.29, 0.717) is 17.3 Å². The molecule has 1 heterocycles. The van der Waals surface area contributed by atoms with E-state index >= 15 is 0 Å². The Morgan fingerprint density at radius 2 is 1.75 bits per heavy atom. The lowest BCUT2D eigenvalue weighted by atomic mass is 10.0. The van der Waals surface area contributed by atoms with Crippen molar-refractivity contribution in [2.45, 2.75) is 29.9 Å². The summed E-state index contributed by atoms with van der Waals surface area (Å²) in [7, 11) is 0. The molecule has 0 amide bonds. The molecule has 1 fully saturated rings. The second-order valence-electron chi connectivity index (χ2n) is 4.47. The van der Waals surface area contributed by atoms with E-state index in [1.54, 1.807) is 30.3 Å². The molecule has 0 aliphatic carbocycles. The molecule has 7 heteroatoms. The molecule has 0 bridgehead atoms. The fourth-order valence-electron chi connectivity index (χ4n) is 1.91. The summed E-state index contributed by atoms with van der Waals surface area (Å²) in [5.41, 5.74) is -0.604. The number of hydrogen-bond acceptors (Lipinski definition) is 7. The number of aliphatic hydroxyl groups excluding tert-OH is 4. The Kier molecular flexibility index (Phi) is 5.14. The first-order valence-corrected chi connectivity index (χ1v) is 6.99. The summed E-state index contributed by atoms with van der Waals surface area (Å²) in [5, 5.41) is 37.8. The van der Waals surface area contributed by atoms with Crippen LogP contribution in [0.15, 0.2) is 30.3 Å². The number of rotatable bonds is 3. The van der Waals surface area contributed by atoms with E-state index in [2.05, 4.69) is 0 Å². The molecule has 0 saturated carbocycles. The molecule has 5 atom stereocenters. The minimum atomic E-state index is -1.47. The summed E-state index contributed by atoms with van der Waals surface area (Å²) in [6, 6.07) is 8.44. The van der Waals surface area contributed by atoms with Crippen LogP contribution in [0, 0.1) is 0 Å². The van der Waals surface area contributed by atoms with Gasteiger partial charge in [-0.3, -0.25) is 4.79 Å². The number of hydrogen-bond donors (Lipinski definition) is 4. The Bertz CT molecular complexity index is 451. The molecule has 1 aliphatic rings. The molecule has 0 unspecified atom stereocenters. The summed E-state index contributed by atoms with van der Waals surface area (Å²) in [5.74, 6) is 0. The third kappa shape index (κ3) is 3.20. The van der Waals surface area contributed by atoms with E-state index < -0.39 is 36.5 Å². The smallest absolute Gasteiger partial charge is 0.221 e. The highest BCUT2D eigenvalue weighted by Gasteiger charge is 2.44. The standard InChI is InChI=1S/C13H16O6S/c14-6-8-9(15)10(16)11(17)13(19-8)20-12(18)7-4-2-1-3-5-7/h1-5,8-11,13-17H,6H2/t8-,9-,10+,11-,13+/m1/s1. The van der Waals surface area contributed by atoms with Crippen molar-refractivity contribution in [3.8, 4) is 0 Å². The molecular formula is C13H16O6S. The Balaban J connectivity index is 2.06. The lowest BCUT2D eigenvalue weighted by Gasteiger charge is -2.39. The molecule has 0 radical (unpaired) electrons. The molecule has 0 spiro atoms. The van der Waals surface area contributed by atoms with E-state index in [-0.39, 0.29) is 5.12 Å². The zero-order chi connectivity index (χ0) is 14.7. The second kappa shape index (κ2) is 6.66. The van der Waals surface area contributed by atoms with Gasteiger partial charge in [0, 0.05) is 5.56 Å². The predicted octanol–water partition coefficient (Wildman–Crippen LogP) is -0.640. The summed E-state index contributed by atoms with van der Waals surface area (Å²) in [6.45, 7) is -0.512. The number of thioether (sulfide) groups is 1. The maximum absolute atomic E-state index is 12.0. The van der Waals surface area contributed by atoms with Gasteiger partial charge in [0.15, 0.2) is 0 Å². The van der Waals surface area contributed by atoms with Crippen molar-refractivity contribution in [3.63, 3.8) is 0 Å². The van der Waals surface area contributed by atoms with E-state index in [1.165, 1.54) is 0 Å². The minimum absolute atomic E-state index is 0.324. The van der Waals surface area contributed by atoms with Gasteiger partial charge in [-0.1, -0.05) is 30.3 Å². The molecule has 0 aromatic heterocycles. The average molecular weight is 300 g/mol. The van der Waals surface area contributed by atoms with Gasteiger partial charge >= 0.3 is 0 Å². The highest BCUT2D eigenvalue weighted by Crippen LogP contribution is 2.30. The van der Waals surface area contributed by atoms with Crippen molar-refractivity contribution in [3.05, 3.63) is 35.9 Å². The van der Waals surface area contributed by atoms with Gasteiger partial charge in [-0.15, -0.1) is 0 Å². The first-order chi connectivity index (χ1) is 9.54. The maximum Gasteiger partial charge on any atom is 0.221 e. The van der Waals surface area contributed by atoms with Crippen molar-refractivity contribution in [2.75, 3.05) is 6.61 Å². The van der Waals surface area contributed by atoms with Gasteiger partial charge in [0.2, 0.25) is 5.12 Å².